The maximum Gasteiger partial charge on any atom is 0.345 e. The molecule has 0 radical (unpaired) electrons. The SMILES string of the molecule is O=C(O)c1cc(C23CC4CC(CC(C4)C2)C3)cs1. The van der Waals surface area contributed by atoms with Crippen LogP contribution < -0.4 is 0 Å². The van der Waals surface area contributed by atoms with Crippen molar-refractivity contribution >= 4 is 17.3 Å². The summed E-state index contributed by atoms with van der Waals surface area (Å²) in [6, 6.07) is 1.96. The van der Waals surface area contributed by atoms with Crippen molar-refractivity contribution in [2.24, 2.45) is 17.8 Å². The molecular formula is C15H18O2S. The van der Waals surface area contributed by atoms with Gasteiger partial charge in [-0.05, 0) is 78.7 Å². The molecule has 96 valence electrons. The van der Waals surface area contributed by atoms with Crippen LogP contribution in [0.4, 0.5) is 0 Å². The lowest BCUT2D eigenvalue weighted by Gasteiger charge is -2.56. The summed E-state index contributed by atoms with van der Waals surface area (Å²) in [5.74, 6) is 1.99. The number of aromatic carboxylic acids is 1. The van der Waals surface area contributed by atoms with Gasteiger partial charge in [0.05, 0.1) is 0 Å². The fourth-order valence-electron chi connectivity index (χ4n) is 5.19. The smallest absolute Gasteiger partial charge is 0.345 e. The molecule has 1 aromatic rings. The van der Waals surface area contributed by atoms with Gasteiger partial charge in [-0.3, -0.25) is 0 Å². The van der Waals surface area contributed by atoms with Crippen molar-refractivity contribution in [2.45, 2.75) is 43.9 Å². The van der Waals surface area contributed by atoms with Crippen molar-refractivity contribution < 1.29 is 9.90 Å². The zero-order valence-corrected chi connectivity index (χ0v) is 11.2. The van der Waals surface area contributed by atoms with E-state index in [-0.39, 0.29) is 0 Å². The Morgan fingerprint density at radius 1 is 1.17 bits per heavy atom. The third-order valence-electron chi connectivity index (χ3n) is 5.46. The van der Waals surface area contributed by atoms with E-state index in [4.69, 9.17) is 5.11 Å². The lowest BCUT2D eigenvalue weighted by molar-refractivity contribution is -0.00500. The van der Waals surface area contributed by atoms with E-state index in [1.165, 1.54) is 55.4 Å². The minimum Gasteiger partial charge on any atom is -0.477 e. The monoisotopic (exact) mass is 262 g/mol. The van der Waals surface area contributed by atoms with E-state index in [0.717, 1.165) is 17.8 Å². The summed E-state index contributed by atoms with van der Waals surface area (Å²) >= 11 is 1.41. The van der Waals surface area contributed by atoms with Crippen LogP contribution in [0.3, 0.4) is 0 Å². The number of carboxylic acids is 1. The second kappa shape index (κ2) is 3.60. The molecule has 1 aromatic heterocycles. The van der Waals surface area contributed by atoms with Gasteiger partial charge < -0.3 is 5.11 Å². The van der Waals surface area contributed by atoms with Gasteiger partial charge in [0.15, 0.2) is 0 Å². The van der Waals surface area contributed by atoms with Gasteiger partial charge in [-0.1, -0.05) is 0 Å². The predicted octanol–water partition coefficient (Wildman–Crippen LogP) is 3.91. The zero-order chi connectivity index (χ0) is 12.3. The second-order valence-electron chi connectivity index (χ2n) is 6.70. The van der Waals surface area contributed by atoms with Gasteiger partial charge in [0.2, 0.25) is 0 Å². The highest BCUT2D eigenvalue weighted by Gasteiger charge is 2.51. The maximum absolute atomic E-state index is 11.1. The molecule has 4 saturated carbocycles. The molecule has 18 heavy (non-hydrogen) atoms. The summed E-state index contributed by atoms with van der Waals surface area (Å²) in [6.45, 7) is 0. The minimum atomic E-state index is -0.768. The molecule has 2 nitrogen and oxygen atoms in total. The van der Waals surface area contributed by atoms with Gasteiger partial charge in [0, 0.05) is 0 Å². The van der Waals surface area contributed by atoms with Gasteiger partial charge >= 0.3 is 5.97 Å². The summed E-state index contributed by atoms with van der Waals surface area (Å²) in [4.78, 5) is 11.6. The van der Waals surface area contributed by atoms with Crippen molar-refractivity contribution in [2.75, 3.05) is 0 Å². The Hall–Kier alpha value is -0.830. The highest BCUT2D eigenvalue weighted by molar-refractivity contribution is 7.12. The van der Waals surface area contributed by atoms with Gasteiger partial charge in [0.1, 0.15) is 4.88 Å². The normalized spacial score (nSPS) is 41.2. The van der Waals surface area contributed by atoms with Crippen LogP contribution in [0.15, 0.2) is 11.4 Å². The van der Waals surface area contributed by atoms with Crippen LogP contribution in [0, 0.1) is 17.8 Å². The van der Waals surface area contributed by atoms with E-state index < -0.39 is 5.97 Å². The fourth-order valence-corrected chi connectivity index (χ4v) is 6.06. The van der Waals surface area contributed by atoms with Crippen LogP contribution in [-0.2, 0) is 5.41 Å². The number of carboxylic acid groups (broad SMARTS) is 1. The number of hydrogen-bond donors (Lipinski definition) is 1. The Labute approximate surface area is 111 Å². The average molecular weight is 262 g/mol. The van der Waals surface area contributed by atoms with Gasteiger partial charge in [-0.25, -0.2) is 4.79 Å². The van der Waals surface area contributed by atoms with Crippen molar-refractivity contribution in [3.05, 3.63) is 21.9 Å². The van der Waals surface area contributed by atoms with Crippen LogP contribution in [0.1, 0.15) is 53.8 Å². The number of carbonyl (C=O) groups is 1. The van der Waals surface area contributed by atoms with Crippen LogP contribution in [0.2, 0.25) is 0 Å². The quantitative estimate of drug-likeness (QED) is 0.877. The van der Waals surface area contributed by atoms with Crippen LogP contribution >= 0.6 is 11.3 Å². The molecule has 4 aliphatic rings. The van der Waals surface area contributed by atoms with Crippen molar-refractivity contribution in [3.8, 4) is 0 Å². The van der Waals surface area contributed by atoms with Crippen molar-refractivity contribution in [1.82, 2.24) is 0 Å². The summed E-state index contributed by atoms with van der Waals surface area (Å²) in [5, 5.41) is 11.2. The molecule has 0 amide bonds. The van der Waals surface area contributed by atoms with E-state index in [2.05, 4.69) is 5.38 Å². The Balaban J connectivity index is 1.72. The molecule has 4 fully saturated rings. The molecule has 0 aromatic carbocycles. The van der Waals surface area contributed by atoms with Gasteiger partial charge in [0.25, 0.3) is 0 Å². The molecular weight excluding hydrogens is 244 g/mol. The molecule has 0 atom stereocenters. The van der Waals surface area contributed by atoms with E-state index in [0.29, 0.717) is 10.3 Å². The van der Waals surface area contributed by atoms with Crippen molar-refractivity contribution in [3.63, 3.8) is 0 Å². The molecule has 5 rings (SSSR count). The first-order valence-corrected chi connectivity index (χ1v) is 7.85. The Morgan fingerprint density at radius 2 is 1.72 bits per heavy atom. The molecule has 0 saturated heterocycles. The summed E-state index contributed by atoms with van der Waals surface area (Å²) in [5.41, 5.74) is 1.68. The molecule has 4 bridgehead atoms. The summed E-state index contributed by atoms with van der Waals surface area (Å²) in [7, 11) is 0. The first kappa shape index (κ1) is 11.0. The molecule has 4 aliphatic carbocycles. The Bertz CT molecular complexity index is 467. The standard InChI is InChI=1S/C15H18O2S/c16-14(17)13-4-12(8-18-13)15-5-9-1-10(6-15)3-11(2-9)7-15/h4,8-11H,1-3,5-7H2,(H,16,17). The topological polar surface area (TPSA) is 37.3 Å². The highest BCUT2D eigenvalue weighted by Crippen LogP contribution is 2.61. The minimum absolute atomic E-state index is 0.346. The van der Waals surface area contributed by atoms with Gasteiger partial charge in [-0.2, -0.15) is 0 Å². The third kappa shape index (κ3) is 1.49. The lowest BCUT2D eigenvalue weighted by Crippen LogP contribution is -2.48. The van der Waals surface area contributed by atoms with Crippen LogP contribution in [0.5, 0.6) is 0 Å². The molecule has 0 unspecified atom stereocenters. The van der Waals surface area contributed by atoms with Crippen LogP contribution in [-0.4, -0.2) is 11.1 Å². The zero-order valence-electron chi connectivity index (χ0n) is 10.4. The number of thiophene rings is 1. The van der Waals surface area contributed by atoms with Crippen molar-refractivity contribution in [1.29, 1.82) is 0 Å². The van der Waals surface area contributed by atoms with Gasteiger partial charge in [-0.15, -0.1) is 11.3 Å². The van der Waals surface area contributed by atoms with E-state index >= 15 is 0 Å². The maximum atomic E-state index is 11.1. The summed E-state index contributed by atoms with van der Waals surface area (Å²) < 4.78 is 0. The highest BCUT2D eigenvalue weighted by atomic mass is 32.1. The number of rotatable bonds is 2. The third-order valence-corrected chi connectivity index (χ3v) is 6.38. The fraction of sp³-hybridized carbons (Fsp3) is 0.667. The molecule has 3 heteroatoms. The van der Waals surface area contributed by atoms with E-state index in [1.807, 2.05) is 6.07 Å². The summed E-state index contributed by atoms with van der Waals surface area (Å²) in [6.07, 6.45) is 8.26. The first-order valence-electron chi connectivity index (χ1n) is 6.97. The lowest BCUT2D eigenvalue weighted by atomic mass is 9.48. The average Bonchev–Trinajstić information content (AvgIpc) is 2.76. The Kier molecular flexibility index (Phi) is 2.20. The first-order chi connectivity index (χ1) is 8.64. The number of hydrogen-bond acceptors (Lipinski definition) is 2. The second-order valence-corrected chi connectivity index (χ2v) is 7.61. The Morgan fingerprint density at radius 3 is 2.17 bits per heavy atom. The molecule has 0 spiro atoms. The predicted molar refractivity (Wildman–Crippen MR) is 71.1 cm³/mol. The molecule has 0 aliphatic heterocycles. The van der Waals surface area contributed by atoms with E-state index in [9.17, 15) is 4.79 Å². The molecule has 1 heterocycles. The molecule has 1 N–H and O–H groups in total. The van der Waals surface area contributed by atoms with E-state index in [1.54, 1.807) is 0 Å². The largest absolute Gasteiger partial charge is 0.477 e. The van der Waals surface area contributed by atoms with Crippen LogP contribution in [0.25, 0.3) is 0 Å².